The molecular formula is C5H7NS2. The number of aryl methyl sites for hydroxylation is 1. The predicted octanol–water partition coefficient (Wildman–Crippen LogP) is 2.17. The van der Waals surface area contributed by atoms with Crippen LogP contribution < -0.4 is 0 Å². The SMILES string of the molecule is CSc1cc(C)sn1. The zero-order valence-corrected chi connectivity index (χ0v) is 6.47. The molecule has 1 aromatic rings. The number of rotatable bonds is 1. The van der Waals surface area contributed by atoms with Gasteiger partial charge >= 0.3 is 0 Å². The maximum atomic E-state index is 4.14. The zero-order chi connectivity index (χ0) is 5.98. The van der Waals surface area contributed by atoms with Crippen LogP contribution in [-0.2, 0) is 0 Å². The molecule has 0 amide bonds. The predicted molar refractivity (Wildman–Crippen MR) is 38.6 cm³/mol. The lowest BCUT2D eigenvalue weighted by molar-refractivity contribution is 1.29. The second-order valence-electron chi connectivity index (χ2n) is 1.48. The normalized spacial score (nSPS) is 9.75. The van der Waals surface area contributed by atoms with Gasteiger partial charge in [0.25, 0.3) is 0 Å². The average molecular weight is 145 g/mol. The zero-order valence-electron chi connectivity index (χ0n) is 4.84. The first kappa shape index (κ1) is 6.11. The molecule has 0 saturated heterocycles. The van der Waals surface area contributed by atoms with Crippen molar-refractivity contribution in [1.82, 2.24) is 4.37 Å². The Morgan fingerprint density at radius 2 is 2.50 bits per heavy atom. The maximum absolute atomic E-state index is 4.14. The van der Waals surface area contributed by atoms with Crippen LogP contribution in [0.5, 0.6) is 0 Å². The van der Waals surface area contributed by atoms with Crippen LogP contribution in [0.4, 0.5) is 0 Å². The molecule has 1 rings (SSSR count). The van der Waals surface area contributed by atoms with E-state index < -0.39 is 0 Å². The van der Waals surface area contributed by atoms with Gasteiger partial charge in [0.2, 0.25) is 0 Å². The number of hydrogen-bond acceptors (Lipinski definition) is 3. The van der Waals surface area contributed by atoms with Crippen LogP contribution in [-0.4, -0.2) is 10.6 Å². The third-order valence-electron chi connectivity index (χ3n) is 0.815. The fourth-order valence-corrected chi connectivity index (χ4v) is 1.67. The monoisotopic (exact) mass is 145 g/mol. The highest BCUT2D eigenvalue weighted by atomic mass is 32.2. The molecule has 0 bridgehead atoms. The van der Waals surface area contributed by atoms with Crippen LogP contribution in [0.15, 0.2) is 11.1 Å². The van der Waals surface area contributed by atoms with Gasteiger partial charge in [-0.1, -0.05) is 0 Å². The average Bonchev–Trinajstić information content (AvgIpc) is 2.14. The summed E-state index contributed by atoms with van der Waals surface area (Å²) in [4.78, 5) is 1.29. The Kier molecular flexibility index (Phi) is 1.91. The highest BCUT2D eigenvalue weighted by molar-refractivity contribution is 7.98. The first-order chi connectivity index (χ1) is 3.83. The smallest absolute Gasteiger partial charge is 0.110 e. The van der Waals surface area contributed by atoms with Gasteiger partial charge in [-0.25, -0.2) is 0 Å². The Labute approximate surface area is 57.3 Å². The van der Waals surface area contributed by atoms with Gasteiger partial charge in [0.05, 0.1) is 0 Å². The first-order valence-corrected chi connectivity index (χ1v) is 4.30. The Bertz CT molecular complexity index is 171. The third-order valence-corrected chi connectivity index (χ3v) is 2.25. The molecule has 0 unspecified atom stereocenters. The number of hydrogen-bond donors (Lipinski definition) is 0. The number of aromatic nitrogens is 1. The minimum absolute atomic E-state index is 1.13. The molecule has 1 nitrogen and oxygen atoms in total. The van der Waals surface area contributed by atoms with Crippen LogP contribution in [0.25, 0.3) is 0 Å². The van der Waals surface area contributed by atoms with E-state index in [9.17, 15) is 0 Å². The van der Waals surface area contributed by atoms with E-state index in [1.165, 1.54) is 4.88 Å². The van der Waals surface area contributed by atoms with Gasteiger partial charge in [0, 0.05) is 4.88 Å². The Hall–Kier alpha value is -0.0200. The van der Waals surface area contributed by atoms with Crippen LogP contribution in [0.1, 0.15) is 4.88 Å². The van der Waals surface area contributed by atoms with Crippen molar-refractivity contribution < 1.29 is 0 Å². The summed E-state index contributed by atoms with van der Waals surface area (Å²) < 4.78 is 4.14. The second-order valence-corrected chi connectivity index (χ2v) is 3.32. The highest BCUT2D eigenvalue weighted by Crippen LogP contribution is 2.16. The van der Waals surface area contributed by atoms with E-state index in [0.717, 1.165) is 5.03 Å². The lowest BCUT2D eigenvalue weighted by atomic mass is 10.6. The standard InChI is InChI=1S/C5H7NS2/c1-4-3-5(7-2)6-8-4/h3H,1-2H3. The van der Waals surface area contributed by atoms with E-state index in [-0.39, 0.29) is 0 Å². The first-order valence-electron chi connectivity index (χ1n) is 2.30. The quantitative estimate of drug-likeness (QED) is 0.562. The molecule has 0 aromatic carbocycles. The summed E-state index contributed by atoms with van der Waals surface area (Å²) in [6.07, 6.45) is 2.04. The molecule has 1 aromatic heterocycles. The molecule has 0 atom stereocenters. The van der Waals surface area contributed by atoms with Gasteiger partial charge in [-0.15, -0.1) is 11.8 Å². The molecular weight excluding hydrogens is 138 g/mol. The summed E-state index contributed by atoms with van der Waals surface area (Å²) in [7, 11) is 0. The fourth-order valence-electron chi connectivity index (χ4n) is 0.440. The lowest BCUT2D eigenvalue weighted by Gasteiger charge is -1.77. The molecule has 0 fully saturated rings. The molecule has 0 N–H and O–H groups in total. The summed E-state index contributed by atoms with van der Waals surface area (Å²) in [6, 6.07) is 2.09. The van der Waals surface area contributed by atoms with Gasteiger partial charge in [-0.05, 0) is 30.8 Å². The summed E-state index contributed by atoms with van der Waals surface area (Å²) in [5, 5.41) is 1.13. The Morgan fingerprint density at radius 3 is 2.75 bits per heavy atom. The summed E-state index contributed by atoms with van der Waals surface area (Å²) in [5.41, 5.74) is 0. The van der Waals surface area contributed by atoms with Gasteiger partial charge in [0.1, 0.15) is 5.03 Å². The van der Waals surface area contributed by atoms with Crippen molar-refractivity contribution in [3.05, 3.63) is 10.9 Å². The minimum atomic E-state index is 1.13. The van der Waals surface area contributed by atoms with E-state index in [2.05, 4.69) is 17.4 Å². The molecule has 0 aliphatic carbocycles. The van der Waals surface area contributed by atoms with Gasteiger partial charge in [-0.2, -0.15) is 4.37 Å². The summed E-state index contributed by atoms with van der Waals surface area (Å²) >= 11 is 3.25. The van der Waals surface area contributed by atoms with Gasteiger partial charge in [0.15, 0.2) is 0 Å². The van der Waals surface area contributed by atoms with Gasteiger partial charge < -0.3 is 0 Å². The molecule has 0 radical (unpaired) electrons. The van der Waals surface area contributed by atoms with Crippen molar-refractivity contribution in [1.29, 1.82) is 0 Å². The van der Waals surface area contributed by atoms with Crippen LogP contribution in [0.2, 0.25) is 0 Å². The summed E-state index contributed by atoms with van der Waals surface area (Å²) in [6.45, 7) is 2.07. The maximum Gasteiger partial charge on any atom is 0.110 e. The lowest BCUT2D eigenvalue weighted by Crippen LogP contribution is -1.59. The fraction of sp³-hybridized carbons (Fsp3) is 0.400. The molecule has 0 aliphatic rings. The third kappa shape index (κ3) is 1.23. The largest absolute Gasteiger partial charge is 0.186 e. The van der Waals surface area contributed by atoms with E-state index >= 15 is 0 Å². The van der Waals surface area contributed by atoms with Crippen LogP contribution in [0.3, 0.4) is 0 Å². The second kappa shape index (κ2) is 2.51. The van der Waals surface area contributed by atoms with E-state index in [0.29, 0.717) is 0 Å². The molecule has 3 heteroatoms. The molecule has 0 saturated carbocycles. The highest BCUT2D eigenvalue weighted by Gasteiger charge is 1.92. The van der Waals surface area contributed by atoms with Crippen molar-refractivity contribution in [2.24, 2.45) is 0 Å². The molecule has 1 heterocycles. The van der Waals surface area contributed by atoms with E-state index in [1.54, 1.807) is 23.3 Å². The summed E-state index contributed by atoms with van der Waals surface area (Å²) in [5.74, 6) is 0. The Balaban J connectivity index is 2.84. The molecule has 8 heavy (non-hydrogen) atoms. The van der Waals surface area contributed by atoms with E-state index in [4.69, 9.17) is 0 Å². The van der Waals surface area contributed by atoms with Crippen molar-refractivity contribution >= 4 is 23.3 Å². The molecule has 0 aliphatic heterocycles. The van der Waals surface area contributed by atoms with Crippen molar-refractivity contribution in [3.63, 3.8) is 0 Å². The van der Waals surface area contributed by atoms with Gasteiger partial charge in [-0.3, -0.25) is 0 Å². The number of nitrogens with zero attached hydrogens (tertiary/aromatic N) is 1. The van der Waals surface area contributed by atoms with Crippen LogP contribution in [0, 0.1) is 6.92 Å². The number of thioether (sulfide) groups is 1. The molecule has 44 valence electrons. The minimum Gasteiger partial charge on any atom is -0.186 e. The topological polar surface area (TPSA) is 12.9 Å². The molecule has 0 spiro atoms. The van der Waals surface area contributed by atoms with E-state index in [1.807, 2.05) is 6.26 Å². The van der Waals surface area contributed by atoms with Crippen molar-refractivity contribution in [2.75, 3.05) is 6.26 Å². The van der Waals surface area contributed by atoms with Crippen molar-refractivity contribution in [2.45, 2.75) is 11.9 Å². The Morgan fingerprint density at radius 1 is 1.75 bits per heavy atom. The van der Waals surface area contributed by atoms with Crippen LogP contribution >= 0.6 is 23.3 Å². The van der Waals surface area contributed by atoms with Crippen molar-refractivity contribution in [3.8, 4) is 0 Å².